The van der Waals surface area contributed by atoms with E-state index in [2.05, 4.69) is 23.6 Å². The van der Waals surface area contributed by atoms with Gasteiger partial charge in [0.05, 0.1) is 28.9 Å². The Morgan fingerprint density at radius 3 is 2.36 bits per heavy atom. The summed E-state index contributed by atoms with van der Waals surface area (Å²) in [4.78, 5) is 53.9. The van der Waals surface area contributed by atoms with E-state index < -0.39 is 17.7 Å². The molecule has 10 heteroatoms. The number of nitrogens with zero attached hydrogens (tertiary/aromatic N) is 3. The Morgan fingerprint density at radius 2 is 1.70 bits per heavy atom. The molecular formula is C34H39N3O7. The molecule has 1 aromatic heterocycles. The normalized spacial score (nSPS) is 12.5. The Kier molecular flexibility index (Phi) is 10.8. The van der Waals surface area contributed by atoms with E-state index in [1.807, 2.05) is 25.1 Å². The van der Waals surface area contributed by atoms with Crippen molar-refractivity contribution in [3.63, 3.8) is 0 Å². The smallest absolute Gasteiger partial charge is 0.331 e. The maximum absolute atomic E-state index is 13.7. The highest BCUT2D eigenvalue weighted by Gasteiger charge is 2.24. The molecule has 0 saturated carbocycles. The number of hydrogen-bond acceptors (Lipinski definition) is 8. The third-order valence-electron chi connectivity index (χ3n) is 7.86. The number of carbonyl (C=O) groups excluding carboxylic acids is 3. The van der Waals surface area contributed by atoms with Crippen LogP contribution < -0.4 is 0 Å². The molecule has 0 aliphatic carbocycles. The molecule has 4 rings (SSSR count). The number of fused-ring (bicyclic) bond motifs is 5. The lowest BCUT2D eigenvalue weighted by Crippen LogP contribution is -2.18. The summed E-state index contributed by atoms with van der Waals surface area (Å²) in [5.41, 5.74) is 1.90. The molecule has 44 heavy (non-hydrogen) atoms. The molecule has 1 unspecified atom stereocenters. The maximum atomic E-state index is 13.7. The average molecular weight is 602 g/mol. The molecule has 0 aliphatic rings. The molecule has 1 heterocycles. The van der Waals surface area contributed by atoms with Gasteiger partial charge in [0.1, 0.15) is 5.71 Å². The Balaban J connectivity index is 1.89. The first-order chi connectivity index (χ1) is 21.2. The lowest BCUT2D eigenvalue weighted by Gasteiger charge is -2.18. The number of non-ortho nitro benzene ring substituents is 1. The van der Waals surface area contributed by atoms with E-state index >= 15 is 0 Å². The summed E-state index contributed by atoms with van der Waals surface area (Å²) < 4.78 is 7.35. The molecule has 0 saturated heterocycles. The van der Waals surface area contributed by atoms with Gasteiger partial charge in [-0.2, -0.15) is 0 Å². The molecule has 0 amide bonds. The fraction of sp³-hybridized carbons (Fsp3) is 0.412. The molecule has 1 atom stereocenters. The summed E-state index contributed by atoms with van der Waals surface area (Å²) in [6, 6.07) is 14.2. The van der Waals surface area contributed by atoms with Gasteiger partial charge < -0.3 is 14.1 Å². The molecule has 0 fully saturated rings. The number of aromatic nitrogens is 1. The number of benzene rings is 3. The number of nitro groups is 1. The zero-order valence-corrected chi connectivity index (χ0v) is 25.8. The Bertz CT molecular complexity index is 1740. The lowest BCUT2D eigenvalue weighted by molar-refractivity contribution is -0.382. The highest BCUT2D eigenvalue weighted by atomic mass is 16.7. The molecule has 4 aromatic rings. The van der Waals surface area contributed by atoms with Crippen LogP contribution in [0.5, 0.6) is 0 Å². The lowest BCUT2D eigenvalue weighted by atomic mass is 9.99. The number of carbonyl (C=O) groups is 3. The van der Waals surface area contributed by atoms with Crippen molar-refractivity contribution in [3.8, 4) is 0 Å². The highest BCUT2D eigenvalue weighted by molar-refractivity contribution is 6.46. The fourth-order valence-electron chi connectivity index (χ4n) is 5.60. The van der Waals surface area contributed by atoms with Gasteiger partial charge in [0.15, 0.2) is 0 Å². The van der Waals surface area contributed by atoms with Gasteiger partial charge in [-0.25, -0.2) is 4.79 Å². The van der Waals surface area contributed by atoms with Gasteiger partial charge in [-0.3, -0.25) is 19.7 Å². The van der Waals surface area contributed by atoms with Crippen molar-refractivity contribution in [3.05, 3.63) is 64.2 Å². The van der Waals surface area contributed by atoms with Crippen molar-refractivity contribution in [2.45, 2.75) is 79.2 Å². The van der Waals surface area contributed by atoms with Gasteiger partial charge in [0.2, 0.25) is 5.78 Å². The minimum Gasteiger partial charge on any atom is -0.466 e. The van der Waals surface area contributed by atoms with Crippen LogP contribution in [-0.4, -0.2) is 39.5 Å². The zero-order valence-electron chi connectivity index (χ0n) is 25.8. The van der Waals surface area contributed by atoms with Gasteiger partial charge in [-0.05, 0) is 43.0 Å². The number of oxime groups is 1. The van der Waals surface area contributed by atoms with Crippen LogP contribution in [0.2, 0.25) is 0 Å². The monoisotopic (exact) mass is 601 g/mol. The van der Waals surface area contributed by atoms with E-state index in [-0.39, 0.29) is 41.3 Å². The van der Waals surface area contributed by atoms with Crippen molar-refractivity contribution >= 4 is 61.7 Å². The second-order valence-electron chi connectivity index (χ2n) is 11.0. The molecule has 0 N–H and O–H groups in total. The first kappa shape index (κ1) is 32.3. The predicted molar refractivity (Wildman–Crippen MR) is 171 cm³/mol. The maximum Gasteiger partial charge on any atom is 0.331 e. The topological polar surface area (TPSA) is 130 Å². The van der Waals surface area contributed by atoms with Gasteiger partial charge >= 0.3 is 11.9 Å². The Hall–Kier alpha value is -4.60. The van der Waals surface area contributed by atoms with E-state index in [0.29, 0.717) is 28.5 Å². The number of nitro benzene ring substituents is 1. The fourth-order valence-corrected chi connectivity index (χ4v) is 5.60. The zero-order chi connectivity index (χ0) is 31.8. The SMILES string of the molecule is CCCCC(CC)Cn1c2ccc(C(=O)/C(CCC(=O)OCCC)=N/OC(C)=O)cc2c2cc([N+](=O)[O-])c3ccccc3c21. The van der Waals surface area contributed by atoms with Gasteiger partial charge in [-0.15, -0.1) is 0 Å². The standard InChI is InChI=1S/C34H39N3O7/c1-5-8-11-23(7-3)21-36-30-16-14-24(34(40)29(35-44-22(4)38)15-17-32(39)43-18-6-2)19-27(30)28-20-31(37(41)42)25-12-9-10-13-26(25)33(28)36/h9-10,12-14,16,19-20,23H,5-8,11,15,17-18,21H2,1-4H3/b35-29+. The van der Waals surface area contributed by atoms with Crippen LogP contribution >= 0.6 is 0 Å². The first-order valence-electron chi connectivity index (χ1n) is 15.3. The minimum absolute atomic E-state index is 0.00962. The predicted octanol–water partition coefficient (Wildman–Crippen LogP) is 7.91. The molecule has 0 spiro atoms. The average Bonchev–Trinajstić information content (AvgIpc) is 3.33. The van der Waals surface area contributed by atoms with Crippen molar-refractivity contribution in [2.24, 2.45) is 11.1 Å². The number of Topliss-reactive ketones (excluding diaryl/α,β-unsaturated/α-hetero) is 1. The second-order valence-corrected chi connectivity index (χ2v) is 11.0. The van der Waals surface area contributed by atoms with Gasteiger partial charge in [0.25, 0.3) is 5.69 Å². The summed E-state index contributed by atoms with van der Waals surface area (Å²) in [5, 5.41) is 18.6. The second kappa shape index (κ2) is 14.7. The van der Waals surface area contributed by atoms with Crippen molar-refractivity contribution in [1.82, 2.24) is 4.57 Å². The Labute approximate surface area is 256 Å². The van der Waals surface area contributed by atoms with Crippen LogP contribution in [0, 0.1) is 16.0 Å². The summed E-state index contributed by atoms with van der Waals surface area (Å²) >= 11 is 0. The van der Waals surface area contributed by atoms with Crippen molar-refractivity contribution < 1.29 is 28.9 Å². The molecule has 3 aromatic carbocycles. The van der Waals surface area contributed by atoms with E-state index in [4.69, 9.17) is 9.57 Å². The van der Waals surface area contributed by atoms with Crippen LogP contribution in [0.1, 0.15) is 83.0 Å². The van der Waals surface area contributed by atoms with E-state index in [1.165, 1.54) is 6.92 Å². The number of esters is 1. The first-order valence-corrected chi connectivity index (χ1v) is 15.3. The molecule has 0 aliphatic heterocycles. The van der Waals surface area contributed by atoms with Crippen LogP contribution in [0.15, 0.2) is 53.7 Å². The largest absolute Gasteiger partial charge is 0.466 e. The van der Waals surface area contributed by atoms with Crippen LogP contribution in [0.25, 0.3) is 32.6 Å². The third kappa shape index (κ3) is 7.12. The highest BCUT2D eigenvalue weighted by Crippen LogP contribution is 2.40. The molecule has 0 radical (unpaired) electrons. The van der Waals surface area contributed by atoms with E-state index in [1.54, 1.807) is 30.3 Å². The quantitative estimate of drug-likeness (QED) is 0.0338. The summed E-state index contributed by atoms with van der Waals surface area (Å²) in [6.45, 7) is 8.39. The van der Waals surface area contributed by atoms with Gasteiger partial charge in [-0.1, -0.05) is 63.4 Å². The van der Waals surface area contributed by atoms with E-state index in [0.717, 1.165) is 48.6 Å². The van der Waals surface area contributed by atoms with E-state index in [9.17, 15) is 24.5 Å². The number of ketones is 1. The summed E-state index contributed by atoms with van der Waals surface area (Å²) in [6.07, 6.45) is 4.72. The van der Waals surface area contributed by atoms with Crippen LogP contribution in [0.3, 0.4) is 0 Å². The van der Waals surface area contributed by atoms with Crippen molar-refractivity contribution in [2.75, 3.05) is 6.61 Å². The van der Waals surface area contributed by atoms with Gasteiger partial charge in [0, 0.05) is 53.2 Å². The molecule has 10 nitrogen and oxygen atoms in total. The van der Waals surface area contributed by atoms with Crippen LogP contribution in [-0.2, 0) is 25.7 Å². The Morgan fingerprint density at radius 1 is 0.955 bits per heavy atom. The molecular weight excluding hydrogens is 562 g/mol. The number of unbranched alkanes of at least 4 members (excludes halogenated alkanes) is 1. The molecule has 0 bridgehead atoms. The number of hydrogen-bond donors (Lipinski definition) is 0. The third-order valence-corrected chi connectivity index (χ3v) is 7.86. The van der Waals surface area contributed by atoms with Crippen molar-refractivity contribution in [1.29, 1.82) is 0 Å². The number of ether oxygens (including phenoxy) is 1. The summed E-state index contributed by atoms with van der Waals surface area (Å²) in [7, 11) is 0. The summed E-state index contributed by atoms with van der Waals surface area (Å²) in [5.74, 6) is -1.29. The van der Waals surface area contributed by atoms with Crippen LogP contribution in [0.4, 0.5) is 5.69 Å². The minimum atomic E-state index is -0.699. The molecule has 232 valence electrons. The number of rotatable bonds is 15.